The molecule has 0 aliphatic heterocycles. The Kier molecular flexibility index (Phi) is 4.92. The first-order valence-electron chi connectivity index (χ1n) is 7.89. The predicted molar refractivity (Wildman–Crippen MR) is 85.2 cm³/mol. The van der Waals surface area contributed by atoms with Gasteiger partial charge in [-0.1, -0.05) is 39.3 Å². The lowest BCUT2D eigenvalue weighted by Gasteiger charge is -2.48. The Morgan fingerprint density at radius 2 is 1.95 bits per heavy atom. The number of carbonyl (C=O) groups excluding carboxylic acids is 1. The standard InChI is InChI=1S/C18H27NO2/c1-13(2)17-10-5-14(3)11-18(17,19-12-20)15-6-8-16(21-4)9-7-15/h6-9,12-14,17H,5,10-11H2,1-4H3,(H,19,20). The Bertz CT molecular complexity index is 469. The molecule has 0 saturated heterocycles. The molecule has 3 unspecified atom stereocenters. The molecule has 1 N–H and O–H groups in total. The first-order valence-corrected chi connectivity index (χ1v) is 7.89. The number of nitrogens with one attached hydrogen (secondary N) is 1. The Hall–Kier alpha value is -1.51. The van der Waals surface area contributed by atoms with E-state index in [0.717, 1.165) is 25.0 Å². The summed E-state index contributed by atoms with van der Waals surface area (Å²) in [6.45, 7) is 6.79. The van der Waals surface area contributed by atoms with Gasteiger partial charge >= 0.3 is 0 Å². The van der Waals surface area contributed by atoms with E-state index in [2.05, 4.69) is 38.2 Å². The minimum atomic E-state index is -0.250. The summed E-state index contributed by atoms with van der Waals surface area (Å²) >= 11 is 0. The molecule has 1 aromatic carbocycles. The lowest BCUT2D eigenvalue weighted by molar-refractivity contribution is -0.113. The lowest BCUT2D eigenvalue weighted by atomic mass is 9.62. The van der Waals surface area contributed by atoms with Gasteiger partial charge in [-0.3, -0.25) is 4.79 Å². The average molecular weight is 289 g/mol. The summed E-state index contributed by atoms with van der Waals surface area (Å²) in [5.74, 6) is 2.47. The highest BCUT2D eigenvalue weighted by molar-refractivity contribution is 5.50. The monoisotopic (exact) mass is 289 g/mol. The van der Waals surface area contributed by atoms with Gasteiger partial charge in [0.05, 0.1) is 12.6 Å². The number of ether oxygens (including phenoxy) is 1. The largest absolute Gasteiger partial charge is 0.497 e. The Morgan fingerprint density at radius 1 is 1.29 bits per heavy atom. The first kappa shape index (κ1) is 15.9. The van der Waals surface area contributed by atoms with E-state index in [4.69, 9.17) is 4.74 Å². The topological polar surface area (TPSA) is 38.3 Å². The number of hydrogen-bond acceptors (Lipinski definition) is 2. The van der Waals surface area contributed by atoms with Crippen LogP contribution in [0.3, 0.4) is 0 Å². The van der Waals surface area contributed by atoms with Crippen LogP contribution in [-0.2, 0) is 10.3 Å². The zero-order valence-electron chi connectivity index (χ0n) is 13.6. The smallest absolute Gasteiger partial charge is 0.207 e. The Balaban J connectivity index is 2.46. The van der Waals surface area contributed by atoms with Crippen molar-refractivity contribution >= 4 is 6.41 Å². The van der Waals surface area contributed by atoms with Crippen molar-refractivity contribution in [1.29, 1.82) is 0 Å². The molecule has 1 aliphatic rings. The van der Waals surface area contributed by atoms with E-state index in [1.807, 2.05) is 12.1 Å². The van der Waals surface area contributed by atoms with Crippen LogP contribution < -0.4 is 10.1 Å². The molecule has 1 saturated carbocycles. The maximum absolute atomic E-state index is 11.3. The van der Waals surface area contributed by atoms with Crippen LogP contribution in [0.5, 0.6) is 5.75 Å². The summed E-state index contributed by atoms with van der Waals surface area (Å²) in [6, 6.07) is 8.17. The van der Waals surface area contributed by atoms with E-state index in [9.17, 15) is 4.79 Å². The quantitative estimate of drug-likeness (QED) is 0.839. The van der Waals surface area contributed by atoms with Gasteiger partial charge < -0.3 is 10.1 Å². The third-order valence-corrected chi connectivity index (χ3v) is 5.00. The first-order chi connectivity index (χ1) is 10.0. The van der Waals surface area contributed by atoms with Crippen molar-refractivity contribution in [3.63, 3.8) is 0 Å². The number of carbonyl (C=O) groups is 1. The van der Waals surface area contributed by atoms with Crippen molar-refractivity contribution in [3.8, 4) is 5.75 Å². The summed E-state index contributed by atoms with van der Waals surface area (Å²) in [7, 11) is 1.67. The fourth-order valence-corrected chi connectivity index (χ4v) is 3.99. The molecule has 3 heteroatoms. The zero-order valence-corrected chi connectivity index (χ0v) is 13.6. The molecule has 0 aromatic heterocycles. The van der Waals surface area contributed by atoms with Gasteiger partial charge in [0, 0.05) is 0 Å². The Labute approximate surface area is 128 Å². The molecule has 1 aromatic rings. The van der Waals surface area contributed by atoms with Gasteiger partial charge in [0.2, 0.25) is 6.41 Å². The van der Waals surface area contributed by atoms with Gasteiger partial charge in [-0.15, -0.1) is 0 Å². The van der Waals surface area contributed by atoms with Crippen molar-refractivity contribution in [1.82, 2.24) is 5.32 Å². The van der Waals surface area contributed by atoms with Crippen LogP contribution in [0.4, 0.5) is 0 Å². The summed E-state index contributed by atoms with van der Waals surface area (Å²) in [6.07, 6.45) is 4.27. The fraction of sp³-hybridized carbons (Fsp3) is 0.611. The normalized spacial score (nSPS) is 29.2. The van der Waals surface area contributed by atoms with Gasteiger partial charge in [0.15, 0.2) is 0 Å². The molecule has 3 atom stereocenters. The summed E-state index contributed by atoms with van der Waals surface area (Å²) < 4.78 is 5.25. The molecule has 21 heavy (non-hydrogen) atoms. The molecule has 0 spiro atoms. The molecule has 0 bridgehead atoms. The van der Waals surface area contributed by atoms with Gasteiger partial charge in [-0.25, -0.2) is 0 Å². The summed E-state index contributed by atoms with van der Waals surface area (Å²) in [5.41, 5.74) is 0.945. The third kappa shape index (κ3) is 3.07. The average Bonchev–Trinajstić information content (AvgIpc) is 2.47. The van der Waals surface area contributed by atoms with Gasteiger partial charge in [0.25, 0.3) is 0 Å². The number of hydrogen-bond donors (Lipinski definition) is 1. The van der Waals surface area contributed by atoms with Crippen LogP contribution in [0.1, 0.15) is 45.6 Å². The lowest BCUT2D eigenvalue weighted by Crippen LogP contribution is -2.53. The zero-order chi connectivity index (χ0) is 15.5. The third-order valence-electron chi connectivity index (χ3n) is 5.00. The van der Waals surface area contributed by atoms with E-state index < -0.39 is 0 Å². The molecule has 0 heterocycles. The van der Waals surface area contributed by atoms with Crippen LogP contribution >= 0.6 is 0 Å². The van der Waals surface area contributed by atoms with Crippen molar-refractivity contribution in [2.24, 2.45) is 17.8 Å². The van der Waals surface area contributed by atoms with Gasteiger partial charge in [-0.05, 0) is 48.3 Å². The minimum Gasteiger partial charge on any atom is -0.497 e. The maximum atomic E-state index is 11.3. The highest BCUT2D eigenvalue weighted by Gasteiger charge is 2.45. The molecule has 0 radical (unpaired) electrons. The van der Waals surface area contributed by atoms with Crippen LogP contribution in [0.25, 0.3) is 0 Å². The highest BCUT2D eigenvalue weighted by atomic mass is 16.5. The van der Waals surface area contributed by atoms with Gasteiger partial charge in [0.1, 0.15) is 5.75 Å². The molecule has 1 aliphatic carbocycles. The molecule has 2 rings (SSSR count). The maximum Gasteiger partial charge on any atom is 0.207 e. The minimum absolute atomic E-state index is 0.250. The SMILES string of the molecule is COc1ccc(C2(NC=O)CC(C)CCC2C(C)C)cc1. The van der Waals surface area contributed by atoms with E-state index in [-0.39, 0.29) is 5.54 Å². The second-order valence-electron chi connectivity index (χ2n) is 6.70. The van der Waals surface area contributed by atoms with Crippen molar-refractivity contribution < 1.29 is 9.53 Å². The van der Waals surface area contributed by atoms with E-state index in [0.29, 0.717) is 17.8 Å². The number of methoxy groups -OCH3 is 1. The number of rotatable bonds is 5. The molecule has 3 nitrogen and oxygen atoms in total. The van der Waals surface area contributed by atoms with E-state index in [1.165, 1.54) is 12.0 Å². The highest BCUT2D eigenvalue weighted by Crippen LogP contribution is 2.47. The molecule has 1 amide bonds. The van der Waals surface area contributed by atoms with Gasteiger partial charge in [-0.2, -0.15) is 0 Å². The van der Waals surface area contributed by atoms with Crippen molar-refractivity contribution in [3.05, 3.63) is 29.8 Å². The van der Waals surface area contributed by atoms with Crippen LogP contribution in [-0.4, -0.2) is 13.5 Å². The van der Waals surface area contributed by atoms with E-state index >= 15 is 0 Å². The number of amides is 1. The molecular formula is C18H27NO2. The Morgan fingerprint density at radius 3 is 2.48 bits per heavy atom. The van der Waals surface area contributed by atoms with Crippen molar-refractivity contribution in [2.75, 3.05) is 7.11 Å². The van der Waals surface area contributed by atoms with Crippen LogP contribution in [0.2, 0.25) is 0 Å². The number of benzene rings is 1. The summed E-state index contributed by atoms with van der Waals surface area (Å²) in [5, 5.41) is 3.19. The van der Waals surface area contributed by atoms with E-state index in [1.54, 1.807) is 7.11 Å². The second-order valence-corrected chi connectivity index (χ2v) is 6.70. The predicted octanol–water partition coefficient (Wildman–Crippen LogP) is 3.73. The fourth-order valence-electron chi connectivity index (χ4n) is 3.99. The van der Waals surface area contributed by atoms with Crippen molar-refractivity contribution in [2.45, 2.75) is 45.6 Å². The molecule has 116 valence electrons. The second kappa shape index (κ2) is 6.50. The van der Waals surface area contributed by atoms with Crippen LogP contribution in [0, 0.1) is 17.8 Å². The van der Waals surface area contributed by atoms with Crippen LogP contribution in [0.15, 0.2) is 24.3 Å². The summed E-state index contributed by atoms with van der Waals surface area (Å²) in [4.78, 5) is 11.3. The molecular weight excluding hydrogens is 262 g/mol. The molecule has 1 fully saturated rings.